The number of nitrogens with one attached hydrogen (secondary N) is 1. The van der Waals surface area contributed by atoms with E-state index in [0.717, 1.165) is 19.5 Å². The molecule has 0 spiro atoms. The molecule has 0 unspecified atom stereocenters. The maximum atomic E-state index is 3.43. The van der Waals surface area contributed by atoms with Gasteiger partial charge in [-0.2, -0.15) is 0 Å². The first-order chi connectivity index (χ1) is 5.62. The fourth-order valence-corrected chi connectivity index (χ4v) is 1.08. The van der Waals surface area contributed by atoms with Crippen LogP contribution in [0.15, 0.2) is 12.2 Å². The molecule has 0 saturated heterocycles. The zero-order chi connectivity index (χ0) is 9.45. The topological polar surface area (TPSA) is 12.0 Å². The molecule has 0 saturated carbocycles. The van der Waals surface area contributed by atoms with Crippen molar-refractivity contribution in [3.63, 3.8) is 0 Å². The number of allylic oxidation sites excluding steroid dienone is 1. The van der Waals surface area contributed by atoms with Gasteiger partial charge in [-0.25, -0.2) is 0 Å². The number of hydrogen-bond donors (Lipinski definition) is 1. The molecule has 0 rings (SSSR count). The van der Waals surface area contributed by atoms with Gasteiger partial charge in [0.15, 0.2) is 0 Å². The third kappa shape index (κ3) is 6.41. The van der Waals surface area contributed by atoms with E-state index in [-0.39, 0.29) is 0 Å². The van der Waals surface area contributed by atoms with Crippen LogP contribution in [0.2, 0.25) is 0 Å². The van der Waals surface area contributed by atoms with Crippen LogP contribution in [-0.4, -0.2) is 13.1 Å². The smallest absolute Gasteiger partial charge is 0.00372 e. The molecule has 0 aromatic rings. The van der Waals surface area contributed by atoms with Crippen molar-refractivity contribution in [3.05, 3.63) is 12.2 Å². The third-order valence-electron chi connectivity index (χ3n) is 1.81. The van der Waals surface area contributed by atoms with Crippen LogP contribution in [-0.2, 0) is 0 Å². The highest BCUT2D eigenvalue weighted by Gasteiger charge is 2.11. The van der Waals surface area contributed by atoms with Gasteiger partial charge in [0.25, 0.3) is 0 Å². The summed E-state index contributed by atoms with van der Waals surface area (Å²) in [6.07, 6.45) is 6.90. The van der Waals surface area contributed by atoms with Gasteiger partial charge in [0, 0.05) is 6.54 Å². The van der Waals surface area contributed by atoms with E-state index in [9.17, 15) is 0 Å². The van der Waals surface area contributed by atoms with Gasteiger partial charge in [-0.05, 0) is 24.8 Å². The molecular weight excluding hydrogens is 146 g/mol. The molecule has 0 fully saturated rings. The van der Waals surface area contributed by atoms with Crippen LogP contribution in [0.3, 0.4) is 0 Å². The molecule has 72 valence electrons. The van der Waals surface area contributed by atoms with Crippen molar-refractivity contribution in [1.29, 1.82) is 0 Å². The van der Waals surface area contributed by atoms with Crippen LogP contribution in [0.5, 0.6) is 0 Å². The molecule has 0 heterocycles. The predicted octanol–water partition coefficient (Wildman–Crippen LogP) is 2.98. The maximum Gasteiger partial charge on any atom is 0.00372 e. The molecule has 1 nitrogen and oxygen atoms in total. The van der Waals surface area contributed by atoms with Gasteiger partial charge in [-0.15, -0.1) is 0 Å². The molecule has 0 atom stereocenters. The lowest BCUT2D eigenvalue weighted by molar-refractivity contribution is 0.433. The van der Waals surface area contributed by atoms with Gasteiger partial charge >= 0.3 is 0 Å². The lowest BCUT2D eigenvalue weighted by Crippen LogP contribution is -2.28. The van der Waals surface area contributed by atoms with Crippen molar-refractivity contribution in [2.45, 2.75) is 40.5 Å². The van der Waals surface area contributed by atoms with Crippen molar-refractivity contribution in [3.8, 4) is 0 Å². The number of hydrogen-bond acceptors (Lipinski definition) is 1. The van der Waals surface area contributed by atoms with E-state index < -0.39 is 0 Å². The van der Waals surface area contributed by atoms with Crippen molar-refractivity contribution >= 4 is 0 Å². The highest BCUT2D eigenvalue weighted by molar-refractivity contribution is 4.95. The summed E-state index contributed by atoms with van der Waals surface area (Å²) in [5, 5.41) is 3.43. The second-order valence-corrected chi connectivity index (χ2v) is 3.98. The summed E-state index contributed by atoms with van der Waals surface area (Å²) in [6.45, 7) is 11.1. The minimum absolute atomic E-state index is 0.311. The lowest BCUT2D eigenvalue weighted by Gasteiger charge is -2.20. The van der Waals surface area contributed by atoms with Crippen LogP contribution >= 0.6 is 0 Å². The van der Waals surface area contributed by atoms with Crippen molar-refractivity contribution in [2.75, 3.05) is 13.1 Å². The van der Waals surface area contributed by atoms with Crippen LogP contribution in [0.1, 0.15) is 40.5 Å². The van der Waals surface area contributed by atoms with Gasteiger partial charge < -0.3 is 5.32 Å². The minimum Gasteiger partial charge on any atom is -0.316 e. The van der Waals surface area contributed by atoms with Gasteiger partial charge in [-0.3, -0.25) is 0 Å². The predicted molar refractivity (Wildman–Crippen MR) is 56.4 cm³/mol. The Hall–Kier alpha value is -0.300. The van der Waals surface area contributed by atoms with Crippen molar-refractivity contribution in [1.82, 2.24) is 5.32 Å². The Bertz CT molecular complexity index is 125. The van der Waals surface area contributed by atoms with Crippen molar-refractivity contribution < 1.29 is 0 Å². The average Bonchev–Trinajstić information content (AvgIpc) is 2.01. The van der Waals surface area contributed by atoms with E-state index >= 15 is 0 Å². The molecule has 0 aliphatic heterocycles. The zero-order valence-electron chi connectivity index (χ0n) is 8.98. The van der Waals surface area contributed by atoms with E-state index in [1.54, 1.807) is 0 Å². The highest BCUT2D eigenvalue weighted by atomic mass is 14.9. The molecule has 0 amide bonds. The zero-order valence-corrected chi connectivity index (χ0v) is 8.98. The SMILES string of the molecule is CC/C=C\C(C)(C)CNCCC. The summed E-state index contributed by atoms with van der Waals surface area (Å²) in [4.78, 5) is 0. The van der Waals surface area contributed by atoms with Crippen LogP contribution in [0.25, 0.3) is 0 Å². The van der Waals surface area contributed by atoms with E-state index in [4.69, 9.17) is 0 Å². The summed E-state index contributed by atoms with van der Waals surface area (Å²) in [5.74, 6) is 0. The Morgan fingerprint density at radius 3 is 2.42 bits per heavy atom. The first kappa shape index (κ1) is 11.7. The molecule has 0 bridgehead atoms. The molecule has 0 aromatic heterocycles. The second kappa shape index (κ2) is 6.24. The molecule has 0 aliphatic rings. The summed E-state index contributed by atoms with van der Waals surface area (Å²) in [6, 6.07) is 0. The highest BCUT2D eigenvalue weighted by Crippen LogP contribution is 2.15. The Morgan fingerprint density at radius 1 is 1.25 bits per heavy atom. The largest absolute Gasteiger partial charge is 0.316 e. The molecule has 0 aliphatic carbocycles. The Kier molecular flexibility index (Phi) is 6.09. The fourth-order valence-electron chi connectivity index (χ4n) is 1.08. The van der Waals surface area contributed by atoms with Crippen molar-refractivity contribution in [2.24, 2.45) is 5.41 Å². The third-order valence-corrected chi connectivity index (χ3v) is 1.81. The van der Waals surface area contributed by atoms with E-state index in [1.807, 2.05) is 0 Å². The fraction of sp³-hybridized carbons (Fsp3) is 0.818. The molecular formula is C11H23N. The van der Waals surface area contributed by atoms with Crippen LogP contribution < -0.4 is 5.32 Å². The van der Waals surface area contributed by atoms with E-state index in [1.165, 1.54) is 6.42 Å². The van der Waals surface area contributed by atoms with E-state index in [2.05, 4.69) is 45.2 Å². The van der Waals surface area contributed by atoms with Gasteiger partial charge in [0.2, 0.25) is 0 Å². The van der Waals surface area contributed by atoms with Crippen LogP contribution in [0, 0.1) is 5.41 Å². The monoisotopic (exact) mass is 169 g/mol. The molecule has 0 aromatic carbocycles. The molecule has 0 radical (unpaired) electrons. The van der Waals surface area contributed by atoms with Crippen LogP contribution in [0.4, 0.5) is 0 Å². The first-order valence-electron chi connectivity index (χ1n) is 5.01. The average molecular weight is 169 g/mol. The quantitative estimate of drug-likeness (QED) is 0.476. The van der Waals surface area contributed by atoms with Gasteiger partial charge in [0.05, 0.1) is 0 Å². The molecule has 12 heavy (non-hydrogen) atoms. The first-order valence-corrected chi connectivity index (χ1v) is 5.01. The van der Waals surface area contributed by atoms with E-state index in [0.29, 0.717) is 5.41 Å². The Morgan fingerprint density at radius 2 is 1.92 bits per heavy atom. The van der Waals surface area contributed by atoms with Gasteiger partial charge in [-0.1, -0.05) is 39.8 Å². The standard InChI is InChI=1S/C11H23N/c1-5-7-8-11(3,4)10-12-9-6-2/h7-8,12H,5-6,9-10H2,1-4H3/b8-7-. The summed E-state index contributed by atoms with van der Waals surface area (Å²) in [5.41, 5.74) is 0.311. The van der Waals surface area contributed by atoms with Gasteiger partial charge in [0.1, 0.15) is 0 Å². The summed E-state index contributed by atoms with van der Waals surface area (Å²) in [7, 11) is 0. The Balaban J connectivity index is 3.63. The Labute approximate surface area is 77.2 Å². The minimum atomic E-state index is 0.311. The maximum absolute atomic E-state index is 3.43. The normalized spacial score (nSPS) is 12.7. The molecule has 1 heteroatoms. The summed E-state index contributed by atoms with van der Waals surface area (Å²) >= 11 is 0. The second-order valence-electron chi connectivity index (χ2n) is 3.98. The molecule has 1 N–H and O–H groups in total. The number of rotatable bonds is 6. The lowest BCUT2D eigenvalue weighted by atomic mass is 9.92. The summed E-state index contributed by atoms with van der Waals surface area (Å²) < 4.78 is 0.